The first kappa shape index (κ1) is 12.6. The molecule has 0 bridgehead atoms. The highest BCUT2D eigenvalue weighted by molar-refractivity contribution is 7.90. The third-order valence-corrected chi connectivity index (χ3v) is 6.40. The Hall–Kier alpha value is -0.820. The zero-order valence-electron chi connectivity index (χ0n) is 9.85. The Kier molecular flexibility index (Phi) is 3.07. The van der Waals surface area contributed by atoms with Crippen molar-refractivity contribution in [2.45, 2.75) is 43.4 Å². The van der Waals surface area contributed by atoms with Crippen LogP contribution in [0.15, 0.2) is 0 Å². The monoisotopic (exact) mass is 262 g/mol. The van der Waals surface area contributed by atoms with Crippen LogP contribution >= 0.6 is 0 Å². The van der Waals surface area contributed by atoms with Gasteiger partial charge >= 0.3 is 6.09 Å². The molecular formula is C10H18N2O4S. The van der Waals surface area contributed by atoms with Gasteiger partial charge in [0.1, 0.15) is 0 Å². The van der Waals surface area contributed by atoms with Crippen molar-refractivity contribution >= 4 is 16.1 Å². The molecule has 0 aromatic rings. The summed E-state index contributed by atoms with van der Waals surface area (Å²) >= 11 is 0. The van der Waals surface area contributed by atoms with Gasteiger partial charge in [-0.3, -0.25) is 0 Å². The van der Waals surface area contributed by atoms with Gasteiger partial charge < -0.3 is 10.4 Å². The maximum absolute atomic E-state index is 12.2. The molecule has 2 fully saturated rings. The Morgan fingerprint density at radius 2 is 1.88 bits per heavy atom. The van der Waals surface area contributed by atoms with Crippen molar-refractivity contribution in [2.75, 3.05) is 13.1 Å². The van der Waals surface area contributed by atoms with Crippen molar-refractivity contribution in [3.63, 3.8) is 0 Å². The number of sulfonamides is 1. The zero-order valence-corrected chi connectivity index (χ0v) is 10.7. The normalized spacial score (nSPS) is 25.5. The summed E-state index contributed by atoms with van der Waals surface area (Å²) in [4.78, 5) is 10.5. The highest BCUT2D eigenvalue weighted by Gasteiger charge is 2.53. The molecular weight excluding hydrogens is 244 g/mol. The number of amides is 1. The van der Waals surface area contributed by atoms with Crippen LogP contribution in [-0.4, -0.2) is 47.8 Å². The van der Waals surface area contributed by atoms with Crippen LogP contribution in [0, 0.1) is 0 Å². The van der Waals surface area contributed by atoms with Gasteiger partial charge in [-0.2, -0.15) is 0 Å². The third-order valence-electron chi connectivity index (χ3n) is 3.70. The lowest BCUT2D eigenvalue weighted by molar-refractivity contribution is 0.183. The maximum Gasteiger partial charge on any atom is 0.404 e. The van der Waals surface area contributed by atoms with Gasteiger partial charge in [-0.25, -0.2) is 17.5 Å². The van der Waals surface area contributed by atoms with Crippen LogP contribution in [0.4, 0.5) is 4.79 Å². The fourth-order valence-electron chi connectivity index (χ4n) is 2.16. The van der Waals surface area contributed by atoms with Gasteiger partial charge in [-0.05, 0) is 32.6 Å². The minimum atomic E-state index is -3.18. The molecule has 1 aliphatic heterocycles. The molecule has 0 spiro atoms. The van der Waals surface area contributed by atoms with Gasteiger partial charge in [0.25, 0.3) is 0 Å². The summed E-state index contributed by atoms with van der Waals surface area (Å²) in [7, 11) is -3.18. The summed E-state index contributed by atoms with van der Waals surface area (Å²) in [6.45, 7) is 2.62. The minimum absolute atomic E-state index is 0.119. The van der Waals surface area contributed by atoms with E-state index in [0.29, 0.717) is 25.9 Å². The lowest BCUT2D eigenvalue weighted by atomic mass is 10.1. The van der Waals surface area contributed by atoms with Crippen molar-refractivity contribution in [1.29, 1.82) is 0 Å². The van der Waals surface area contributed by atoms with Crippen LogP contribution in [0.5, 0.6) is 0 Å². The summed E-state index contributed by atoms with van der Waals surface area (Å²) in [5.41, 5.74) is 0. The van der Waals surface area contributed by atoms with Crippen molar-refractivity contribution in [3.05, 3.63) is 0 Å². The number of nitrogens with zero attached hydrogens (tertiary/aromatic N) is 1. The number of carbonyl (C=O) groups is 1. The van der Waals surface area contributed by atoms with Gasteiger partial charge in [-0.15, -0.1) is 0 Å². The number of hydrogen-bond acceptors (Lipinski definition) is 3. The van der Waals surface area contributed by atoms with Crippen LogP contribution in [0.25, 0.3) is 0 Å². The van der Waals surface area contributed by atoms with Crippen LogP contribution in [0.2, 0.25) is 0 Å². The average Bonchev–Trinajstić information content (AvgIpc) is 2.98. The Labute approximate surface area is 101 Å². The average molecular weight is 262 g/mol. The molecule has 0 atom stereocenters. The third kappa shape index (κ3) is 2.40. The Bertz CT molecular complexity index is 408. The van der Waals surface area contributed by atoms with E-state index in [9.17, 15) is 13.2 Å². The largest absolute Gasteiger partial charge is 0.465 e. The van der Waals surface area contributed by atoms with E-state index in [0.717, 1.165) is 12.8 Å². The first-order valence-electron chi connectivity index (χ1n) is 5.84. The molecule has 98 valence electrons. The predicted molar refractivity (Wildman–Crippen MR) is 62.3 cm³/mol. The fourth-order valence-corrected chi connectivity index (χ4v) is 4.09. The molecule has 0 radical (unpaired) electrons. The van der Waals surface area contributed by atoms with E-state index in [1.54, 1.807) is 6.92 Å². The molecule has 2 N–H and O–H groups in total. The Balaban J connectivity index is 1.93. The molecule has 6 nitrogen and oxygen atoms in total. The van der Waals surface area contributed by atoms with Crippen LogP contribution < -0.4 is 5.32 Å². The van der Waals surface area contributed by atoms with Gasteiger partial charge in [-0.1, -0.05) is 0 Å². The van der Waals surface area contributed by atoms with Gasteiger partial charge in [0.2, 0.25) is 10.0 Å². The Morgan fingerprint density at radius 1 is 1.35 bits per heavy atom. The van der Waals surface area contributed by atoms with E-state index in [1.165, 1.54) is 4.31 Å². The summed E-state index contributed by atoms with van der Waals surface area (Å²) in [5.74, 6) is 0. The minimum Gasteiger partial charge on any atom is -0.465 e. The van der Waals surface area contributed by atoms with Crippen LogP contribution in [0.1, 0.15) is 32.6 Å². The van der Waals surface area contributed by atoms with Gasteiger partial charge in [0.15, 0.2) is 0 Å². The van der Waals surface area contributed by atoms with Crippen molar-refractivity contribution in [1.82, 2.24) is 9.62 Å². The van der Waals surface area contributed by atoms with E-state index in [-0.39, 0.29) is 6.04 Å². The van der Waals surface area contributed by atoms with Crippen molar-refractivity contribution in [2.24, 2.45) is 0 Å². The summed E-state index contributed by atoms with van der Waals surface area (Å²) in [5, 5.41) is 11.0. The number of carboxylic acid groups (broad SMARTS) is 1. The second-order valence-corrected chi connectivity index (χ2v) is 7.53. The lowest BCUT2D eigenvalue weighted by Crippen LogP contribution is -2.48. The van der Waals surface area contributed by atoms with E-state index in [4.69, 9.17) is 5.11 Å². The summed E-state index contributed by atoms with van der Waals surface area (Å²) < 4.78 is 25.3. The summed E-state index contributed by atoms with van der Waals surface area (Å²) in [6.07, 6.45) is 1.55. The predicted octanol–water partition coefficient (Wildman–Crippen LogP) is 0.601. The molecule has 7 heteroatoms. The van der Waals surface area contributed by atoms with Gasteiger partial charge in [0.05, 0.1) is 4.75 Å². The molecule has 17 heavy (non-hydrogen) atoms. The van der Waals surface area contributed by atoms with E-state index in [2.05, 4.69) is 5.32 Å². The smallest absolute Gasteiger partial charge is 0.404 e. The maximum atomic E-state index is 12.2. The molecule has 0 aromatic carbocycles. The number of rotatable bonds is 3. The van der Waals surface area contributed by atoms with Gasteiger partial charge in [0, 0.05) is 19.1 Å². The molecule has 2 rings (SSSR count). The van der Waals surface area contributed by atoms with Crippen LogP contribution in [0.3, 0.4) is 0 Å². The molecule has 0 aromatic heterocycles. The standard InChI is InChI=1S/C10H18N2O4S/c1-10(4-5-10)17(15,16)12-6-2-8(3-7-12)11-9(13)14/h8,11H,2-7H2,1H3,(H,13,14). The topological polar surface area (TPSA) is 86.7 Å². The lowest BCUT2D eigenvalue weighted by Gasteiger charge is -2.32. The van der Waals surface area contributed by atoms with E-state index < -0.39 is 20.9 Å². The SMILES string of the molecule is CC1(S(=O)(=O)N2CCC(NC(=O)O)CC2)CC1. The fraction of sp³-hybridized carbons (Fsp3) is 0.900. The number of hydrogen-bond donors (Lipinski definition) is 2. The Morgan fingerprint density at radius 3 is 2.29 bits per heavy atom. The zero-order chi connectivity index (χ0) is 12.7. The van der Waals surface area contributed by atoms with Crippen molar-refractivity contribution < 1.29 is 18.3 Å². The quantitative estimate of drug-likeness (QED) is 0.779. The second-order valence-electron chi connectivity index (χ2n) is 5.08. The molecule has 1 amide bonds. The van der Waals surface area contributed by atoms with Crippen molar-refractivity contribution in [3.8, 4) is 0 Å². The van der Waals surface area contributed by atoms with E-state index in [1.807, 2.05) is 0 Å². The molecule has 0 unspecified atom stereocenters. The molecule has 1 saturated heterocycles. The highest BCUT2D eigenvalue weighted by Crippen LogP contribution is 2.45. The van der Waals surface area contributed by atoms with Crippen LogP contribution in [-0.2, 0) is 10.0 Å². The highest BCUT2D eigenvalue weighted by atomic mass is 32.2. The number of nitrogens with one attached hydrogen (secondary N) is 1. The molecule has 1 saturated carbocycles. The van der Waals surface area contributed by atoms with E-state index >= 15 is 0 Å². The number of piperidine rings is 1. The second kappa shape index (κ2) is 4.13. The first-order chi connectivity index (χ1) is 7.85. The molecule has 2 aliphatic rings. The molecule has 1 heterocycles. The molecule has 1 aliphatic carbocycles. The summed E-state index contributed by atoms with van der Waals surface area (Å²) in [6, 6.07) is -0.119. The first-order valence-corrected chi connectivity index (χ1v) is 7.28.